The van der Waals surface area contributed by atoms with Crippen molar-refractivity contribution < 1.29 is 27.4 Å². The lowest BCUT2D eigenvalue weighted by Crippen LogP contribution is -2.57. The molecule has 0 spiro atoms. The Morgan fingerprint density at radius 2 is 1.83 bits per heavy atom. The van der Waals surface area contributed by atoms with Gasteiger partial charge in [-0.25, -0.2) is 0 Å². The van der Waals surface area contributed by atoms with Gasteiger partial charge in [-0.1, -0.05) is 0 Å². The van der Waals surface area contributed by atoms with Crippen molar-refractivity contribution in [3.8, 4) is 5.75 Å². The van der Waals surface area contributed by atoms with Crippen molar-refractivity contribution in [1.29, 1.82) is 0 Å². The molecule has 136 valence electrons. The lowest BCUT2D eigenvalue weighted by molar-refractivity contribution is -0.137. The highest BCUT2D eigenvalue weighted by atomic mass is 35.5. The Labute approximate surface area is 144 Å². The zero-order valence-electron chi connectivity index (χ0n) is 12.9. The number of carbonyl (C=O) groups is 1. The first-order chi connectivity index (χ1) is 10.8. The van der Waals surface area contributed by atoms with Gasteiger partial charge in [-0.15, -0.1) is 12.4 Å². The first kappa shape index (κ1) is 20.5. The predicted molar refractivity (Wildman–Crippen MR) is 84.2 cm³/mol. The van der Waals surface area contributed by atoms with E-state index in [9.17, 15) is 18.0 Å². The molecule has 0 aliphatic carbocycles. The molecule has 9 heteroatoms. The normalized spacial score (nSPS) is 16.8. The molecule has 1 aliphatic rings. The number of amides is 1. The summed E-state index contributed by atoms with van der Waals surface area (Å²) in [4.78, 5) is 12.0. The maximum atomic E-state index is 12.4. The van der Waals surface area contributed by atoms with Gasteiger partial charge in [-0.2, -0.15) is 13.2 Å². The Balaban J connectivity index is 0.00000288. The number of nitrogens with one attached hydrogen (secondary N) is 1. The molecule has 0 atom stereocenters. The second-order valence-electron chi connectivity index (χ2n) is 5.40. The number of hydrogen-bond donors (Lipinski definition) is 2. The van der Waals surface area contributed by atoms with Gasteiger partial charge in [0.25, 0.3) is 0 Å². The molecule has 1 aliphatic heterocycles. The number of carbonyl (C=O) groups excluding carboxylic acids is 1. The minimum absolute atomic E-state index is 0. The summed E-state index contributed by atoms with van der Waals surface area (Å²) in [6, 6.07) is 4.39. The van der Waals surface area contributed by atoms with Crippen molar-refractivity contribution in [2.75, 3.05) is 26.4 Å². The lowest BCUT2D eigenvalue weighted by Gasteiger charge is -2.31. The number of halogens is 4. The van der Waals surface area contributed by atoms with Crippen LogP contribution < -0.4 is 15.8 Å². The van der Waals surface area contributed by atoms with Crippen LogP contribution in [0.1, 0.15) is 18.4 Å². The third-order valence-corrected chi connectivity index (χ3v) is 3.68. The molecule has 0 aromatic heterocycles. The fourth-order valence-corrected chi connectivity index (χ4v) is 2.21. The fourth-order valence-electron chi connectivity index (χ4n) is 2.21. The van der Waals surface area contributed by atoms with E-state index in [-0.39, 0.29) is 31.5 Å². The van der Waals surface area contributed by atoms with Gasteiger partial charge >= 0.3 is 6.18 Å². The first-order valence-corrected chi connectivity index (χ1v) is 7.26. The molecular weight excluding hydrogens is 349 g/mol. The van der Waals surface area contributed by atoms with Gasteiger partial charge in [-0.3, -0.25) is 4.79 Å². The summed E-state index contributed by atoms with van der Waals surface area (Å²) in [7, 11) is 0. The Morgan fingerprint density at radius 1 is 1.25 bits per heavy atom. The second-order valence-corrected chi connectivity index (χ2v) is 5.40. The van der Waals surface area contributed by atoms with Crippen LogP contribution in [-0.2, 0) is 15.7 Å². The van der Waals surface area contributed by atoms with Crippen LogP contribution >= 0.6 is 12.4 Å². The van der Waals surface area contributed by atoms with E-state index in [2.05, 4.69) is 5.32 Å². The minimum Gasteiger partial charge on any atom is -0.492 e. The third kappa shape index (κ3) is 5.54. The predicted octanol–water partition coefficient (Wildman–Crippen LogP) is 2.13. The van der Waals surface area contributed by atoms with Gasteiger partial charge in [-0.05, 0) is 37.1 Å². The molecule has 1 amide bonds. The van der Waals surface area contributed by atoms with Crippen LogP contribution in [0.5, 0.6) is 5.75 Å². The molecule has 24 heavy (non-hydrogen) atoms. The molecule has 1 saturated heterocycles. The van der Waals surface area contributed by atoms with E-state index in [4.69, 9.17) is 15.2 Å². The Morgan fingerprint density at radius 3 is 2.38 bits per heavy atom. The smallest absolute Gasteiger partial charge is 0.416 e. The van der Waals surface area contributed by atoms with Gasteiger partial charge in [0.1, 0.15) is 12.4 Å². The summed E-state index contributed by atoms with van der Waals surface area (Å²) in [6.45, 7) is 1.27. The van der Waals surface area contributed by atoms with Crippen molar-refractivity contribution in [3.05, 3.63) is 29.8 Å². The molecule has 0 saturated carbocycles. The summed E-state index contributed by atoms with van der Waals surface area (Å²) in [6.07, 6.45) is -3.46. The van der Waals surface area contributed by atoms with E-state index in [1.165, 1.54) is 12.1 Å². The standard InChI is InChI=1S/C15H19F3N2O3.ClH/c16-15(17,18)11-1-3-12(4-2-11)23-10-7-20-13(21)14(19)5-8-22-9-6-14;/h1-4H,5-10,19H2,(H,20,21);1H. The van der Waals surface area contributed by atoms with Crippen LogP contribution in [0.3, 0.4) is 0 Å². The minimum atomic E-state index is -4.37. The number of ether oxygens (including phenoxy) is 2. The Hall–Kier alpha value is -1.51. The third-order valence-electron chi connectivity index (χ3n) is 3.68. The topological polar surface area (TPSA) is 73.6 Å². The van der Waals surface area contributed by atoms with Crippen LogP contribution in [0.2, 0.25) is 0 Å². The van der Waals surface area contributed by atoms with Gasteiger partial charge in [0, 0.05) is 13.2 Å². The van der Waals surface area contributed by atoms with Crippen LogP contribution in [0.25, 0.3) is 0 Å². The quantitative estimate of drug-likeness (QED) is 0.781. The van der Waals surface area contributed by atoms with Crippen molar-refractivity contribution >= 4 is 18.3 Å². The molecular formula is C15H20ClF3N2O3. The second kappa shape index (κ2) is 8.55. The van der Waals surface area contributed by atoms with Crippen LogP contribution in [0.4, 0.5) is 13.2 Å². The summed E-state index contributed by atoms with van der Waals surface area (Å²) < 4.78 is 47.7. The molecule has 0 radical (unpaired) electrons. The zero-order chi connectivity index (χ0) is 16.9. The van der Waals surface area contributed by atoms with Crippen LogP contribution in [-0.4, -0.2) is 37.8 Å². The Bertz CT molecular complexity index is 532. The molecule has 3 N–H and O–H groups in total. The van der Waals surface area contributed by atoms with Crippen molar-refractivity contribution in [3.63, 3.8) is 0 Å². The SMILES string of the molecule is Cl.NC1(C(=O)NCCOc2ccc(C(F)(F)F)cc2)CCOCC1. The first-order valence-electron chi connectivity index (χ1n) is 7.26. The monoisotopic (exact) mass is 368 g/mol. The van der Waals surface area contributed by atoms with E-state index >= 15 is 0 Å². The molecule has 1 aromatic carbocycles. The van der Waals surface area contributed by atoms with E-state index in [0.717, 1.165) is 12.1 Å². The molecule has 1 fully saturated rings. The van der Waals surface area contributed by atoms with Crippen molar-refractivity contribution in [2.45, 2.75) is 24.6 Å². The lowest BCUT2D eigenvalue weighted by atomic mass is 9.90. The van der Waals surface area contributed by atoms with Crippen LogP contribution in [0.15, 0.2) is 24.3 Å². The van der Waals surface area contributed by atoms with Crippen molar-refractivity contribution in [2.24, 2.45) is 5.73 Å². The molecule has 0 bridgehead atoms. The van der Waals surface area contributed by atoms with E-state index in [1.54, 1.807) is 0 Å². The average Bonchev–Trinajstić information content (AvgIpc) is 2.51. The number of benzene rings is 1. The van der Waals surface area contributed by atoms with Gasteiger partial charge in [0.15, 0.2) is 0 Å². The zero-order valence-corrected chi connectivity index (χ0v) is 13.7. The van der Waals surface area contributed by atoms with E-state index in [1.807, 2.05) is 0 Å². The summed E-state index contributed by atoms with van der Waals surface area (Å²) in [5.74, 6) is 0.0394. The van der Waals surface area contributed by atoms with Crippen LogP contribution in [0, 0.1) is 0 Å². The van der Waals surface area contributed by atoms with Gasteiger partial charge in [0.2, 0.25) is 5.91 Å². The molecule has 1 aromatic rings. The largest absolute Gasteiger partial charge is 0.492 e. The highest BCUT2D eigenvalue weighted by Crippen LogP contribution is 2.30. The van der Waals surface area contributed by atoms with E-state index < -0.39 is 17.3 Å². The number of rotatable bonds is 5. The molecule has 2 rings (SSSR count). The van der Waals surface area contributed by atoms with Crippen molar-refractivity contribution in [1.82, 2.24) is 5.32 Å². The maximum absolute atomic E-state index is 12.4. The molecule has 5 nitrogen and oxygen atoms in total. The summed E-state index contributed by atoms with van der Waals surface area (Å²) >= 11 is 0. The highest BCUT2D eigenvalue weighted by Gasteiger charge is 2.35. The van der Waals surface area contributed by atoms with E-state index in [0.29, 0.717) is 31.8 Å². The Kier molecular flexibility index (Phi) is 7.31. The number of nitrogens with two attached hydrogens (primary N) is 1. The highest BCUT2D eigenvalue weighted by molar-refractivity contribution is 5.86. The maximum Gasteiger partial charge on any atom is 0.416 e. The summed E-state index contributed by atoms with van der Waals surface area (Å²) in [5, 5.41) is 2.67. The fraction of sp³-hybridized carbons (Fsp3) is 0.533. The molecule has 1 heterocycles. The van der Waals surface area contributed by atoms with Gasteiger partial charge in [0.05, 0.1) is 17.6 Å². The number of hydrogen-bond acceptors (Lipinski definition) is 4. The molecule has 0 unspecified atom stereocenters. The summed E-state index contributed by atoms with van der Waals surface area (Å²) in [5.41, 5.74) is 4.36. The van der Waals surface area contributed by atoms with Gasteiger partial charge < -0.3 is 20.5 Å². The average molecular weight is 369 g/mol. The number of alkyl halides is 3.